The monoisotopic (exact) mass is 441 g/mol. The molecule has 1 aromatic rings. The summed E-state index contributed by atoms with van der Waals surface area (Å²) in [7, 11) is 4.04. The summed E-state index contributed by atoms with van der Waals surface area (Å²) >= 11 is 3.31. The quantitative estimate of drug-likeness (QED) is 0.737. The molecule has 1 aliphatic heterocycles. The molecule has 7 heteroatoms. The summed E-state index contributed by atoms with van der Waals surface area (Å²) in [5.41, 5.74) is 0.322. The predicted molar refractivity (Wildman–Crippen MR) is 108 cm³/mol. The molecule has 0 unspecified atom stereocenters. The van der Waals surface area contributed by atoms with E-state index in [9.17, 15) is 14.0 Å². The van der Waals surface area contributed by atoms with Gasteiger partial charge in [0.2, 0.25) is 5.91 Å². The minimum absolute atomic E-state index is 0.000509. The van der Waals surface area contributed by atoms with E-state index in [1.54, 1.807) is 4.90 Å². The van der Waals surface area contributed by atoms with Crippen molar-refractivity contribution in [2.75, 3.05) is 40.3 Å². The number of carbonyl (C=O) groups is 2. The maximum atomic E-state index is 13.5. The lowest BCUT2D eigenvalue weighted by Crippen LogP contribution is -2.46. The average molecular weight is 442 g/mol. The van der Waals surface area contributed by atoms with Crippen molar-refractivity contribution < 1.29 is 14.0 Å². The highest BCUT2D eigenvalue weighted by molar-refractivity contribution is 9.10. The van der Waals surface area contributed by atoms with Crippen LogP contribution in [0.1, 0.15) is 37.0 Å². The number of piperidine rings is 1. The minimum Gasteiger partial charge on any atom is -0.355 e. The fourth-order valence-electron chi connectivity index (χ4n) is 3.56. The predicted octanol–water partition coefficient (Wildman–Crippen LogP) is 3.14. The Hall–Kier alpha value is -1.47. The van der Waals surface area contributed by atoms with Gasteiger partial charge in [-0.3, -0.25) is 9.59 Å². The van der Waals surface area contributed by atoms with Gasteiger partial charge >= 0.3 is 0 Å². The molecule has 150 valence electrons. The number of benzene rings is 1. The molecule has 1 aromatic carbocycles. The first-order chi connectivity index (χ1) is 12.6. The molecule has 0 saturated carbocycles. The summed E-state index contributed by atoms with van der Waals surface area (Å²) in [5, 5.41) is 3.06. The Morgan fingerprint density at radius 2 is 1.93 bits per heavy atom. The number of halogens is 2. The zero-order valence-electron chi connectivity index (χ0n) is 16.5. The number of hydrogen-bond acceptors (Lipinski definition) is 3. The van der Waals surface area contributed by atoms with Crippen LogP contribution in [0.2, 0.25) is 0 Å². The molecule has 0 spiro atoms. The van der Waals surface area contributed by atoms with Gasteiger partial charge < -0.3 is 15.1 Å². The zero-order valence-corrected chi connectivity index (χ0v) is 18.1. The number of likely N-dealkylation sites (tertiary alicyclic amines) is 1. The number of amides is 2. The van der Waals surface area contributed by atoms with Gasteiger partial charge in [0.05, 0.1) is 5.56 Å². The summed E-state index contributed by atoms with van der Waals surface area (Å²) in [4.78, 5) is 28.9. The highest BCUT2D eigenvalue weighted by Crippen LogP contribution is 2.24. The van der Waals surface area contributed by atoms with Gasteiger partial charge in [-0.05, 0) is 66.5 Å². The number of nitrogens with one attached hydrogen (secondary N) is 1. The second-order valence-electron chi connectivity index (χ2n) is 8.31. The van der Waals surface area contributed by atoms with Crippen LogP contribution in [0, 0.1) is 17.2 Å². The molecule has 0 aliphatic carbocycles. The molecule has 0 radical (unpaired) electrons. The molecule has 2 amide bonds. The summed E-state index contributed by atoms with van der Waals surface area (Å²) < 4.78 is 14.0. The van der Waals surface area contributed by atoms with Crippen molar-refractivity contribution >= 4 is 27.7 Å². The van der Waals surface area contributed by atoms with E-state index in [2.05, 4.69) is 40.0 Å². The molecule has 1 N–H and O–H groups in total. The van der Waals surface area contributed by atoms with Gasteiger partial charge in [0, 0.05) is 36.6 Å². The smallest absolute Gasteiger partial charge is 0.255 e. The number of nitrogens with zero attached hydrogens (tertiary/aromatic N) is 2. The minimum atomic E-state index is -0.434. The van der Waals surface area contributed by atoms with Crippen molar-refractivity contribution in [1.82, 2.24) is 15.1 Å². The third kappa shape index (κ3) is 6.28. The van der Waals surface area contributed by atoms with E-state index in [4.69, 9.17) is 0 Å². The summed E-state index contributed by atoms with van der Waals surface area (Å²) in [6.07, 6.45) is 1.25. The molecule has 1 aliphatic rings. The first-order valence-corrected chi connectivity index (χ1v) is 10.0. The molecule has 0 bridgehead atoms. The molecule has 2 rings (SSSR count). The highest BCUT2D eigenvalue weighted by atomic mass is 79.9. The molecule has 5 nitrogen and oxygen atoms in total. The van der Waals surface area contributed by atoms with E-state index in [0.717, 1.165) is 6.54 Å². The maximum absolute atomic E-state index is 13.5. The van der Waals surface area contributed by atoms with E-state index in [-0.39, 0.29) is 23.1 Å². The topological polar surface area (TPSA) is 52.7 Å². The van der Waals surface area contributed by atoms with Crippen LogP contribution >= 0.6 is 15.9 Å². The zero-order chi connectivity index (χ0) is 20.2. The van der Waals surface area contributed by atoms with Gasteiger partial charge in [-0.15, -0.1) is 0 Å². The van der Waals surface area contributed by atoms with E-state index in [1.165, 1.54) is 18.2 Å². The van der Waals surface area contributed by atoms with Crippen LogP contribution in [-0.4, -0.2) is 61.9 Å². The molecule has 1 heterocycles. The van der Waals surface area contributed by atoms with Crippen LogP contribution in [0.4, 0.5) is 4.39 Å². The van der Waals surface area contributed by atoms with Gasteiger partial charge in [-0.1, -0.05) is 13.8 Å². The fraction of sp³-hybridized carbons (Fsp3) is 0.600. The van der Waals surface area contributed by atoms with E-state index in [1.807, 2.05) is 14.1 Å². The molecule has 1 saturated heterocycles. The van der Waals surface area contributed by atoms with Crippen LogP contribution in [0.15, 0.2) is 22.7 Å². The largest absolute Gasteiger partial charge is 0.355 e. The maximum Gasteiger partial charge on any atom is 0.255 e. The number of hydrogen-bond donors (Lipinski definition) is 1. The van der Waals surface area contributed by atoms with Crippen molar-refractivity contribution in [1.29, 1.82) is 0 Å². The summed E-state index contributed by atoms with van der Waals surface area (Å²) in [6.45, 7) is 6.78. The Kier molecular flexibility index (Phi) is 7.40. The standard InChI is InChI=1S/C20H29BrFN3O2/c1-20(2,13-24(3)4)12-23-18(26)14-7-9-25(10-8-14)19(27)16-11-15(22)5-6-17(16)21/h5-6,11,14H,7-10,12-13H2,1-4H3,(H,23,26). The van der Waals surface area contributed by atoms with Gasteiger partial charge in [-0.25, -0.2) is 4.39 Å². The summed E-state index contributed by atoms with van der Waals surface area (Å²) in [5.74, 6) is -0.662. The van der Waals surface area contributed by atoms with E-state index < -0.39 is 5.82 Å². The first kappa shape index (κ1) is 21.8. The summed E-state index contributed by atoms with van der Waals surface area (Å²) in [6, 6.07) is 4.10. The van der Waals surface area contributed by atoms with Crippen molar-refractivity contribution in [3.05, 3.63) is 34.1 Å². The van der Waals surface area contributed by atoms with Crippen LogP contribution in [0.25, 0.3) is 0 Å². The van der Waals surface area contributed by atoms with Crippen LogP contribution in [0.3, 0.4) is 0 Å². The van der Waals surface area contributed by atoms with Gasteiger partial charge in [-0.2, -0.15) is 0 Å². The Balaban J connectivity index is 1.86. The van der Waals surface area contributed by atoms with Crippen molar-refractivity contribution in [2.45, 2.75) is 26.7 Å². The van der Waals surface area contributed by atoms with Crippen molar-refractivity contribution in [3.8, 4) is 0 Å². The average Bonchev–Trinajstić information content (AvgIpc) is 2.60. The second-order valence-corrected chi connectivity index (χ2v) is 9.16. The highest BCUT2D eigenvalue weighted by Gasteiger charge is 2.29. The van der Waals surface area contributed by atoms with Crippen LogP contribution in [0.5, 0.6) is 0 Å². The van der Waals surface area contributed by atoms with Crippen molar-refractivity contribution in [3.63, 3.8) is 0 Å². The molecular formula is C20H29BrFN3O2. The Morgan fingerprint density at radius 3 is 2.52 bits per heavy atom. The Morgan fingerprint density at radius 1 is 1.30 bits per heavy atom. The third-order valence-corrected chi connectivity index (χ3v) is 5.49. The van der Waals surface area contributed by atoms with E-state index >= 15 is 0 Å². The molecular weight excluding hydrogens is 413 g/mol. The first-order valence-electron chi connectivity index (χ1n) is 9.26. The van der Waals surface area contributed by atoms with Crippen LogP contribution < -0.4 is 5.32 Å². The third-order valence-electron chi connectivity index (χ3n) is 4.80. The number of rotatable bonds is 6. The number of carbonyl (C=O) groups excluding carboxylic acids is 2. The van der Waals surface area contributed by atoms with Gasteiger partial charge in [0.1, 0.15) is 5.82 Å². The molecule has 27 heavy (non-hydrogen) atoms. The normalized spacial score (nSPS) is 15.9. The van der Waals surface area contributed by atoms with Crippen molar-refractivity contribution in [2.24, 2.45) is 11.3 Å². The fourth-order valence-corrected chi connectivity index (χ4v) is 3.98. The Bertz CT molecular complexity index is 686. The van der Waals surface area contributed by atoms with E-state index in [0.29, 0.717) is 42.5 Å². The van der Waals surface area contributed by atoms with Crippen LogP contribution in [-0.2, 0) is 4.79 Å². The SMILES string of the molecule is CN(C)CC(C)(C)CNC(=O)C1CCN(C(=O)c2cc(F)ccc2Br)CC1. The Labute approximate surface area is 169 Å². The van der Waals surface area contributed by atoms with Gasteiger partial charge in [0.15, 0.2) is 0 Å². The van der Waals surface area contributed by atoms with Gasteiger partial charge in [0.25, 0.3) is 5.91 Å². The molecule has 0 aromatic heterocycles. The lowest BCUT2D eigenvalue weighted by molar-refractivity contribution is -0.126. The second kappa shape index (κ2) is 9.15. The lowest BCUT2D eigenvalue weighted by Gasteiger charge is -2.33. The lowest BCUT2D eigenvalue weighted by atomic mass is 9.91. The molecule has 1 fully saturated rings. The molecule has 0 atom stereocenters.